The standard InChI is InChI=1S/C24H20N2O6/c1-14-4-6-18(32-14)21-20(22(27)16-5-7-17-19(11-16)31-10-9-30-17)23(28)24(29)26(21)13-15-3-2-8-25-12-15/h2-8,11-12,21,27H,9-10,13H2,1H3/b22-20-. The number of pyridine rings is 1. The molecule has 1 unspecified atom stereocenters. The molecule has 0 saturated carbocycles. The molecular weight excluding hydrogens is 412 g/mol. The van der Waals surface area contributed by atoms with Crippen LogP contribution in [0, 0.1) is 6.92 Å². The summed E-state index contributed by atoms with van der Waals surface area (Å²) < 4.78 is 16.9. The van der Waals surface area contributed by atoms with Crippen LogP contribution in [0.25, 0.3) is 5.76 Å². The van der Waals surface area contributed by atoms with Gasteiger partial charge >= 0.3 is 0 Å². The number of furan rings is 1. The number of aliphatic hydroxyl groups is 1. The van der Waals surface area contributed by atoms with Gasteiger partial charge in [0.15, 0.2) is 11.5 Å². The Morgan fingerprint density at radius 1 is 1.12 bits per heavy atom. The molecule has 4 heterocycles. The van der Waals surface area contributed by atoms with Gasteiger partial charge < -0.3 is 23.9 Å². The molecule has 32 heavy (non-hydrogen) atoms. The van der Waals surface area contributed by atoms with E-state index in [9.17, 15) is 14.7 Å². The van der Waals surface area contributed by atoms with Crippen LogP contribution in [0.2, 0.25) is 0 Å². The van der Waals surface area contributed by atoms with Gasteiger partial charge in [0.1, 0.15) is 36.5 Å². The second-order valence-electron chi connectivity index (χ2n) is 7.60. The van der Waals surface area contributed by atoms with Gasteiger partial charge in [-0.3, -0.25) is 14.6 Å². The van der Waals surface area contributed by atoms with Crippen LogP contribution in [-0.4, -0.2) is 39.9 Å². The van der Waals surface area contributed by atoms with Crippen LogP contribution in [0.15, 0.2) is 64.8 Å². The topological polar surface area (TPSA) is 102 Å². The second kappa shape index (κ2) is 7.88. The predicted octanol–water partition coefficient (Wildman–Crippen LogP) is 3.38. The Labute approximate surface area is 183 Å². The number of benzene rings is 1. The van der Waals surface area contributed by atoms with E-state index in [1.807, 2.05) is 6.07 Å². The number of aliphatic hydroxyl groups excluding tert-OH is 1. The number of carbonyl (C=O) groups excluding carboxylic acids is 2. The Hall–Kier alpha value is -4.07. The number of amides is 1. The Kier molecular flexibility index (Phi) is 4.89. The summed E-state index contributed by atoms with van der Waals surface area (Å²) in [4.78, 5) is 31.6. The van der Waals surface area contributed by atoms with E-state index in [1.165, 1.54) is 4.90 Å². The van der Waals surface area contributed by atoms with Gasteiger partial charge in [-0.05, 0) is 48.9 Å². The highest BCUT2D eigenvalue weighted by Crippen LogP contribution is 2.42. The molecule has 2 aliphatic heterocycles. The molecule has 0 aliphatic carbocycles. The Balaban J connectivity index is 1.62. The van der Waals surface area contributed by atoms with E-state index < -0.39 is 17.7 Å². The highest BCUT2D eigenvalue weighted by molar-refractivity contribution is 6.46. The average Bonchev–Trinajstić information content (AvgIpc) is 3.35. The van der Waals surface area contributed by atoms with Crippen molar-refractivity contribution in [3.8, 4) is 11.5 Å². The lowest BCUT2D eigenvalue weighted by molar-refractivity contribution is -0.140. The number of hydrogen-bond donors (Lipinski definition) is 1. The summed E-state index contributed by atoms with van der Waals surface area (Å²) in [6.07, 6.45) is 3.26. The maximum Gasteiger partial charge on any atom is 0.296 e. The molecule has 2 aliphatic rings. The maximum atomic E-state index is 13.1. The number of nitrogens with zero attached hydrogens (tertiary/aromatic N) is 2. The van der Waals surface area contributed by atoms with Gasteiger partial charge in [-0.1, -0.05) is 6.07 Å². The van der Waals surface area contributed by atoms with Gasteiger partial charge in [0, 0.05) is 24.5 Å². The van der Waals surface area contributed by atoms with Crippen LogP contribution < -0.4 is 9.47 Å². The van der Waals surface area contributed by atoms with Gasteiger partial charge in [0.25, 0.3) is 11.7 Å². The predicted molar refractivity (Wildman–Crippen MR) is 113 cm³/mol. The van der Waals surface area contributed by atoms with Crippen molar-refractivity contribution < 1.29 is 28.6 Å². The molecule has 8 nitrogen and oxygen atoms in total. The summed E-state index contributed by atoms with van der Waals surface area (Å²) in [6.45, 7) is 2.74. The number of carbonyl (C=O) groups is 2. The molecule has 1 saturated heterocycles. The number of ketones is 1. The number of aryl methyl sites for hydroxylation is 1. The van der Waals surface area contributed by atoms with Crippen LogP contribution in [0.3, 0.4) is 0 Å². The molecule has 0 bridgehead atoms. The number of rotatable bonds is 4. The molecule has 1 N–H and O–H groups in total. The first kappa shape index (κ1) is 19.9. The van der Waals surface area contributed by atoms with E-state index in [0.29, 0.717) is 41.8 Å². The van der Waals surface area contributed by atoms with E-state index in [2.05, 4.69) is 4.98 Å². The summed E-state index contributed by atoms with van der Waals surface area (Å²) >= 11 is 0. The van der Waals surface area contributed by atoms with Crippen molar-refractivity contribution in [1.82, 2.24) is 9.88 Å². The Bertz CT molecular complexity index is 1230. The zero-order valence-corrected chi connectivity index (χ0v) is 17.3. The molecule has 1 atom stereocenters. The molecule has 0 radical (unpaired) electrons. The van der Waals surface area contributed by atoms with Crippen molar-refractivity contribution in [1.29, 1.82) is 0 Å². The minimum absolute atomic E-state index is 0.0371. The summed E-state index contributed by atoms with van der Waals surface area (Å²) in [6, 6.07) is 11.1. The van der Waals surface area contributed by atoms with E-state index in [1.54, 1.807) is 55.7 Å². The first-order valence-corrected chi connectivity index (χ1v) is 10.2. The minimum Gasteiger partial charge on any atom is -0.507 e. The Morgan fingerprint density at radius 3 is 2.66 bits per heavy atom. The fourth-order valence-electron chi connectivity index (χ4n) is 3.97. The summed E-state index contributed by atoms with van der Waals surface area (Å²) in [5.74, 6) is 0.259. The molecule has 1 amide bonds. The second-order valence-corrected chi connectivity index (χ2v) is 7.60. The number of likely N-dealkylation sites (tertiary alicyclic amines) is 1. The molecule has 2 aromatic heterocycles. The van der Waals surface area contributed by atoms with Crippen LogP contribution in [0.4, 0.5) is 0 Å². The normalized spacial score (nSPS) is 19.4. The maximum absolute atomic E-state index is 13.1. The third kappa shape index (κ3) is 3.39. The largest absolute Gasteiger partial charge is 0.507 e. The monoisotopic (exact) mass is 432 g/mol. The molecule has 1 fully saturated rings. The number of ether oxygens (including phenoxy) is 2. The lowest BCUT2D eigenvalue weighted by Gasteiger charge is -2.23. The van der Waals surface area contributed by atoms with Crippen LogP contribution >= 0.6 is 0 Å². The van der Waals surface area contributed by atoms with Crippen LogP contribution in [-0.2, 0) is 16.1 Å². The minimum atomic E-state index is -0.878. The van der Waals surface area contributed by atoms with E-state index in [0.717, 1.165) is 5.56 Å². The number of Topliss-reactive ketones (excluding diaryl/α,β-unsaturated/α-hetero) is 1. The smallest absolute Gasteiger partial charge is 0.296 e. The third-order valence-electron chi connectivity index (χ3n) is 5.46. The van der Waals surface area contributed by atoms with Crippen molar-refractivity contribution in [2.45, 2.75) is 19.5 Å². The highest BCUT2D eigenvalue weighted by Gasteiger charge is 2.47. The molecule has 1 aromatic carbocycles. The number of aromatic nitrogens is 1. The zero-order chi connectivity index (χ0) is 22.2. The molecule has 0 spiro atoms. The van der Waals surface area contributed by atoms with E-state index in [-0.39, 0.29) is 17.9 Å². The molecule has 5 rings (SSSR count). The quantitative estimate of drug-likeness (QED) is 0.383. The molecular formula is C24H20N2O6. The third-order valence-corrected chi connectivity index (χ3v) is 5.46. The number of hydrogen-bond acceptors (Lipinski definition) is 7. The molecule has 162 valence electrons. The fourth-order valence-corrected chi connectivity index (χ4v) is 3.97. The van der Waals surface area contributed by atoms with E-state index >= 15 is 0 Å². The van der Waals surface area contributed by atoms with Crippen molar-refractivity contribution >= 4 is 17.4 Å². The average molecular weight is 432 g/mol. The molecule has 3 aromatic rings. The van der Waals surface area contributed by atoms with Gasteiger partial charge in [0.05, 0.1) is 5.57 Å². The van der Waals surface area contributed by atoms with Gasteiger partial charge in [-0.25, -0.2) is 0 Å². The van der Waals surface area contributed by atoms with Gasteiger partial charge in [-0.2, -0.15) is 0 Å². The summed E-state index contributed by atoms with van der Waals surface area (Å²) in [7, 11) is 0. The number of fused-ring (bicyclic) bond motifs is 1. The van der Waals surface area contributed by atoms with Gasteiger partial charge in [0.2, 0.25) is 0 Å². The fraction of sp³-hybridized carbons (Fsp3) is 0.208. The lowest BCUT2D eigenvalue weighted by atomic mass is 9.99. The Morgan fingerprint density at radius 2 is 1.94 bits per heavy atom. The van der Waals surface area contributed by atoms with Crippen molar-refractivity contribution in [3.05, 3.63) is 83.1 Å². The van der Waals surface area contributed by atoms with Crippen molar-refractivity contribution in [2.75, 3.05) is 13.2 Å². The first-order valence-electron chi connectivity index (χ1n) is 10.2. The van der Waals surface area contributed by atoms with E-state index in [4.69, 9.17) is 13.9 Å². The molecule has 8 heteroatoms. The summed E-state index contributed by atoms with van der Waals surface area (Å²) in [5.41, 5.74) is 1.06. The van der Waals surface area contributed by atoms with Crippen molar-refractivity contribution in [3.63, 3.8) is 0 Å². The van der Waals surface area contributed by atoms with Crippen molar-refractivity contribution in [2.24, 2.45) is 0 Å². The first-order chi connectivity index (χ1) is 15.5. The summed E-state index contributed by atoms with van der Waals surface area (Å²) in [5, 5.41) is 11.2. The van der Waals surface area contributed by atoms with Gasteiger partial charge in [-0.15, -0.1) is 0 Å². The van der Waals surface area contributed by atoms with Crippen LogP contribution in [0.1, 0.15) is 28.7 Å². The van der Waals surface area contributed by atoms with Crippen LogP contribution in [0.5, 0.6) is 11.5 Å². The highest BCUT2D eigenvalue weighted by atomic mass is 16.6. The SMILES string of the molecule is Cc1ccc(C2/C(=C(/O)c3ccc4c(c3)OCCO4)C(=O)C(=O)N2Cc2cccnc2)o1. The zero-order valence-electron chi connectivity index (χ0n) is 17.3. The lowest BCUT2D eigenvalue weighted by Crippen LogP contribution is -2.29.